The molecular formula is C32H29ClN4O5S. The fourth-order valence-corrected chi connectivity index (χ4v) is 4.77. The third kappa shape index (κ3) is 8.84. The highest BCUT2D eigenvalue weighted by Crippen LogP contribution is 2.28. The van der Waals surface area contributed by atoms with Gasteiger partial charge in [-0.1, -0.05) is 29.8 Å². The summed E-state index contributed by atoms with van der Waals surface area (Å²) in [6.07, 6.45) is 3.00. The Morgan fingerprint density at radius 3 is 2.30 bits per heavy atom. The van der Waals surface area contributed by atoms with Crippen LogP contribution in [0.25, 0.3) is 6.08 Å². The number of carbonyl (C=O) groups is 3. The molecule has 0 aliphatic carbocycles. The Kier molecular flexibility index (Phi) is 10.8. The SMILES string of the molecule is COc1ccc(/C=C(\NC(=O)c2ccccc2)C(=O)Nc2ccc(SC(C)C(=O)Nc3ccc(Cl)cn3)cc2)c(OC)c1. The van der Waals surface area contributed by atoms with E-state index in [-0.39, 0.29) is 11.6 Å². The summed E-state index contributed by atoms with van der Waals surface area (Å²) in [7, 11) is 3.05. The molecule has 3 amide bonds. The molecule has 1 heterocycles. The molecule has 4 rings (SSSR count). The van der Waals surface area contributed by atoms with Crippen molar-refractivity contribution in [3.63, 3.8) is 0 Å². The van der Waals surface area contributed by atoms with Gasteiger partial charge >= 0.3 is 0 Å². The van der Waals surface area contributed by atoms with E-state index in [0.717, 1.165) is 4.90 Å². The van der Waals surface area contributed by atoms with Crippen molar-refractivity contribution >= 4 is 58.7 Å². The molecule has 43 heavy (non-hydrogen) atoms. The molecule has 0 fully saturated rings. The molecule has 0 bridgehead atoms. The lowest BCUT2D eigenvalue weighted by atomic mass is 10.1. The summed E-state index contributed by atoms with van der Waals surface area (Å²) in [5, 5.41) is 8.36. The zero-order chi connectivity index (χ0) is 30.8. The number of amides is 3. The lowest BCUT2D eigenvalue weighted by molar-refractivity contribution is -0.115. The fourth-order valence-electron chi connectivity index (χ4n) is 3.79. The molecule has 1 aromatic heterocycles. The van der Waals surface area contributed by atoms with Crippen molar-refractivity contribution in [1.82, 2.24) is 10.3 Å². The maximum absolute atomic E-state index is 13.4. The van der Waals surface area contributed by atoms with E-state index in [4.69, 9.17) is 21.1 Å². The Morgan fingerprint density at radius 1 is 0.907 bits per heavy atom. The first-order chi connectivity index (χ1) is 20.7. The van der Waals surface area contributed by atoms with E-state index in [1.165, 1.54) is 31.1 Å². The van der Waals surface area contributed by atoms with Gasteiger partial charge in [0.05, 0.1) is 24.5 Å². The predicted octanol–water partition coefficient (Wildman–Crippen LogP) is 6.28. The van der Waals surface area contributed by atoms with E-state index in [1.54, 1.807) is 99.0 Å². The highest BCUT2D eigenvalue weighted by atomic mass is 35.5. The Morgan fingerprint density at radius 2 is 1.65 bits per heavy atom. The van der Waals surface area contributed by atoms with Crippen LogP contribution in [0.15, 0.2) is 102 Å². The normalized spacial score (nSPS) is 11.7. The van der Waals surface area contributed by atoms with Crippen molar-refractivity contribution in [1.29, 1.82) is 0 Å². The summed E-state index contributed by atoms with van der Waals surface area (Å²) in [4.78, 5) is 43.9. The standard InChI is InChI=1S/C32H29ClN4O5S/c1-20(30(38)37-29-16-10-23(33)19-34-29)43-26-14-11-24(12-15-26)35-32(40)27(36-31(39)21-7-5-4-6-8-21)17-22-9-13-25(41-2)18-28(22)42-3/h4-20H,1-3H3,(H,35,40)(H,36,39)(H,34,37,38)/b27-17-. The number of hydrogen-bond donors (Lipinski definition) is 3. The van der Waals surface area contributed by atoms with Gasteiger partial charge in [-0.05, 0) is 73.7 Å². The second-order valence-electron chi connectivity index (χ2n) is 9.08. The van der Waals surface area contributed by atoms with Gasteiger partial charge in [0.2, 0.25) is 5.91 Å². The third-order valence-corrected chi connectivity index (χ3v) is 7.38. The van der Waals surface area contributed by atoms with Gasteiger partial charge in [-0.15, -0.1) is 11.8 Å². The molecule has 0 aliphatic rings. The fraction of sp³-hybridized carbons (Fsp3) is 0.125. The summed E-state index contributed by atoms with van der Waals surface area (Å²) in [6.45, 7) is 1.78. The molecule has 1 atom stereocenters. The van der Waals surface area contributed by atoms with E-state index >= 15 is 0 Å². The number of hydrogen-bond acceptors (Lipinski definition) is 7. The maximum atomic E-state index is 13.4. The van der Waals surface area contributed by atoms with Gasteiger partial charge in [0.1, 0.15) is 23.0 Å². The van der Waals surface area contributed by atoms with Crippen molar-refractivity contribution < 1.29 is 23.9 Å². The van der Waals surface area contributed by atoms with E-state index in [0.29, 0.717) is 39.2 Å². The van der Waals surface area contributed by atoms with Crippen LogP contribution in [0.3, 0.4) is 0 Å². The van der Waals surface area contributed by atoms with Crippen LogP contribution in [-0.2, 0) is 9.59 Å². The first-order valence-electron chi connectivity index (χ1n) is 13.1. The second kappa shape index (κ2) is 14.9. The molecule has 0 radical (unpaired) electrons. The number of thioether (sulfide) groups is 1. The van der Waals surface area contributed by atoms with E-state index in [1.807, 2.05) is 0 Å². The van der Waals surface area contributed by atoms with Crippen LogP contribution in [0.2, 0.25) is 5.02 Å². The quantitative estimate of drug-likeness (QED) is 0.134. The molecule has 0 spiro atoms. The van der Waals surface area contributed by atoms with Crippen LogP contribution in [0.1, 0.15) is 22.8 Å². The second-order valence-corrected chi connectivity index (χ2v) is 10.9. The molecule has 4 aromatic rings. The van der Waals surface area contributed by atoms with E-state index in [9.17, 15) is 14.4 Å². The highest BCUT2D eigenvalue weighted by Gasteiger charge is 2.18. The van der Waals surface area contributed by atoms with Crippen LogP contribution in [-0.4, -0.2) is 42.2 Å². The molecule has 11 heteroatoms. The van der Waals surface area contributed by atoms with Crippen LogP contribution in [0, 0.1) is 0 Å². The maximum Gasteiger partial charge on any atom is 0.272 e. The number of methoxy groups -OCH3 is 2. The molecule has 1 unspecified atom stereocenters. The van der Waals surface area contributed by atoms with Gasteiger partial charge < -0.3 is 25.4 Å². The molecule has 220 valence electrons. The molecule has 3 aromatic carbocycles. The Balaban J connectivity index is 1.48. The van der Waals surface area contributed by atoms with Gasteiger partial charge in [0.15, 0.2) is 0 Å². The van der Waals surface area contributed by atoms with Gasteiger partial charge in [-0.2, -0.15) is 0 Å². The van der Waals surface area contributed by atoms with Crippen molar-refractivity contribution in [3.05, 3.63) is 113 Å². The number of nitrogens with one attached hydrogen (secondary N) is 3. The number of carbonyl (C=O) groups excluding carboxylic acids is 3. The van der Waals surface area contributed by atoms with Gasteiger partial charge in [-0.25, -0.2) is 4.98 Å². The molecule has 3 N–H and O–H groups in total. The van der Waals surface area contributed by atoms with Gasteiger partial charge in [-0.3, -0.25) is 14.4 Å². The first kappa shape index (κ1) is 31.1. The molecule has 0 aliphatic heterocycles. The number of aromatic nitrogens is 1. The van der Waals surface area contributed by atoms with Gasteiger partial charge in [0, 0.05) is 34.0 Å². The monoisotopic (exact) mass is 616 g/mol. The summed E-state index contributed by atoms with van der Waals surface area (Å²) < 4.78 is 10.7. The Labute approximate surface area is 258 Å². The zero-order valence-corrected chi connectivity index (χ0v) is 25.2. The first-order valence-corrected chi connectivity index (χ1v) is 14.3. The number of pyridine rings is 1. The van der Waals surface area contributed by atoms with Crippen LogP contribution in [0.4, 0.5) is 11.5 Å². The minimum atomic E-state index is -0.536. The molecule has 0 saturated carbocycles. The highest BCUT2D eigenvalue weighted by molar-refractivity contribution is 8.00. The Bertz CT molecular complexity index is 1610. The summed E-state index contributed by atoms with van der Waals surface area (Å²) in [6, 6.07) is 24.0. The third-order valence-electron chi connectivity index (χ3n) is 6.04. The number of benzene rings is 3. The predicted molar refractivity (Wildman–Crippen MR) is 170 cm³/mol. The van der Waals surface area contributed by atoms with E-state index in [2.05, 4.69) is 20.9 Å². The van der Waals surface area contributed by atoms with Crippen molar-refractivity contribution in [2.75, 3.05) is 24.9 Å². The summed E-state index contributed by atoms with van der Waals surface area (Å²) in [5.41, 5.74) is 1.47. The minimum Gasteiger partial charge on any atom is -0.497 e. The lowest BCUT2D eigenvalue weighted by Crippen LogP contribution is -2.30. The zero-order valence-electron chi connectivity index (χ0n) is 23.6. The van der Waals surface area contributed by atoms with Gasteiger partial charge in [0.25, 0.3) is 11.8 Å². The van der Waals surface area contributed by atoms with Crippen LogP contribution in [0.5, 0.6) is 11.5 Å². The number of nitrogens with zero attached hydrogens (tertiary/aromatic N) is 1. The summed E-state index contributed by atoms with van der Waals surface area (Å²) >= 11 is 7.20. The van der Waals surface area contributed by atoms with E-state index < -0.39 is 17.1 Å². The number of halogens is 1. The average Bonchev–Trinajstić information content (AvgIpc) is 3.03. The largest absolute Gasteiger partial charge is 0.497 e. The number of rotatable bonds is 11. The van der Waals surface area contributed by atoms with Crippen molar-refractivity contribution in [2.45, 2.75) is 17.1 Å². The topological polar surface area (TPSA) is 119 Å². The smallest absolute Gasteiger partial charge is 0.272 e. The van der Waals surface area contributed by atoms with Crippen molar-refractivity contribution in [2.24, 2.45) is 0 Å². The van der Waals surface area contributed by atoms with Crippen LogP contribution < -0.4 is 25.4 Å². The van der Waals surface area contributed by atoms with Crippen LogP contribution >= 0.6 is 23.4 Å². The summed E-state index contributed by atoms with van der Waals surface area (Å²) in [5.74, 6) is 0.267. The molecule has 9 nitrogen and oxygen atoms in total. The van der Waals surface area contributed by atoms with Crippen molar-refractivity contribution in [3.8, 4) is 11.5 Å². The molecule has 0 saturated heterocycles. The minimum absolute atomic E-state index is 0.0110. The number of anilines is 2. The average molecular weight is 617 g/mol. The lowest BCUT2D eigenvalue weighted by Gasteiger charge is -2.14. The molecular weight excluding hydrogens is 588 g/mol. The Hall–Kier alpha value is -4.80. The number of ether oxygens (including phenoxy) is 2.